The van der Waals surface area contributed by atoms with E-state index in [-0.39, 0.29) is 6.54 Å². The van der Waals surface area contributed by atoms with Crippen LogP contribution in [-0.2, 0) is 11.3 Å². The minimum atomic E-state index is -0.741. The average Bonchev–Trinajstić information content (AvgIpc) is 2.48. The molecule has 22 heavy (non-hydrogen) atoms. The van der Waals surface area contributed by atoms with E-state index in [2.05, 4.69) is 36.1 Å². The standard InChI is InChI=1S/C17H26N2O2S/c1-3-22-16-6-4-5-14(11-16)12-19-9-7-15(8-10-19)18(2)13-17(20)21/h4-6,11,15H,3,7-10,12-13H2,1-2H3,(H,20,21). The Morgan fingerprint density at radius 1 is 1.41 bits per heavy atom. The number of piperidine rings is 1. The normalized spacial score (nSPS) is 17.0. The summed E-state index contributed by atoms with van der Waals surface area (Å²) < 4.78 is 0. The molecule has 4 nitrogen and oxygen atoms in total. The molecule has 1 fully saturated rings. The van der Waals surface area contributed by atoms with Gasteiger partial charge in [-0.05, 0) is 56.4 Å². The van der Waals surface area contributed by atoms with Gasteiger partial charge in [0.05, 0.1) is 6.54 Å². The SMILES string of the molecule is CCSc1cccc(CN2CCC(N(C)CC(=O)O)CC2)c1. The number of thioether (sulfide) groups is 1. The molecule has 1 N–H and O–H groups in total. The number of carbonyl (C=O) groups is 1. The van der Waals surface area contributed by atoms with Crippen LogP contribution in [0.1, 0.15) is 25.3 Å². The summed E-state index contributed by atoms with van der Waals surface area (Å²) in [7, 11) is 1.92. The Balaban J connectivity index is 1.82. The number of carboxylic acid groups (broad SMARTS) is 1. The summed E-state index contributed by atoms with van der Waals surface area (Å²) in [5.41, 5.74) is 1.37. The van der Waals surface area contributed by atoms with Crippen LogP contribution in [0.5, 0.6) is 0 Å². The van der Waals surface area contributed by atoms with Crippen LogP contribution < -0.4 is 0 Å². The highest BCUT2D eigenvalue weighted by molar-refractivity contribution is 7.99. The van der Waals surface area contributed by atoms with Gasteiger partial charge in [0.2, 0.25) is 0 Å². The van der Waals surface area contributed by atoms with Crippen LogP contribution >= 0.6 is 11.8 Å². The third-order valence-corrected chi connectivity index (χ3v) is 5.06. The van der Waals surface area contributed by atoms with Crippen LogP contribution in [0.15, 0.2) is 29.2 Å². The number of carboxylic acids is 1. The highest BCUT2D eigenvalue weighted by Gasteiger charge is 2.23. The van der Waals surface area contributed by atoms with E-state index in [0.29, 0.717) is 6.04 Å². The number of hydrogen-bond donors (Lipinski definition) is 1. The predicted molar refractivity (Wildman–Crippen MR) is 91.4 cm³/mol. The van der Waals surface area contributed by atoms with Gasteiger partial charge in [0.1, 0.15) is 0 Å². The Bertz CT molecular complexity index is 487. The number of rotatable bonds is 7. The van der Waals surface area contributed by atoms with Gasteiger partial charge in [0, 0.05) is 17.5 Å². The van der Waals surface area contributed by atoms with E-state index >= 15 is 0 Å². The Morgan fingerprint density at radius 2 is 2.14 bits per heavy atom. The maximum Gasteiger partial charge on any atom is 0.317 e. The van der Waals surface area contributed by atoms with Crippen molar-refractivity contribution in [2.24, 2.45) is 0 Å². The molecule has 2 rings (SSSR count). The van der Waals surface area contributed by atoms with Crippen LogP contribution in [0, 0.1) is 0 Å². The molecule has 1 aliphatic heterocycles. The van der Waals surface area contributed by atoms with Crippen molar-refractivity contribution in [2.45, 2.75) is 37.2 Å². The second kappa shape index (κ2) is 8.56. The number of aliphatic carboxylic acids is 1. The van der Waals surface area contributed by atoms with Gasteiger partial charge in [-0.25, -0.2) is 0 Å². The summed E-state index contributed by atoms with van der Waals surface area (Å²) in [5, 5.41) is 8.88. The summed E-state index contributed by atoms with van der Waals surface area (Å²) in [6.07, 6.45) is 2.10. The van der Waals surface area contributed by atoms with Crippen molar-refractivity contribution in [3.05, 3.63) is 29.8 Å². The van der Waals surface area contributed by atoms with Crippen LogP contribution in [0.4, 0.5) is 0 Å². The molecule has 0 radical (unpaired) electrons. The highest BCUT2D eigenvalue weighted by Crippen LogP contribution is 2.21. The van der Waals surface area contributed by atoms with Gasteiger partial charge in [-0.15, -0.1) is 11.8 Å². The van der Waals surface area contributed by atoms with E-state index in [1.165, 1.54) is 10.5 Å². The summed E-state index contributed by atoms with van der Waals surface area (Å²) in [6.45, 7) is 5.39. The molecule has 1 aliphatic rings. The van der Waals surface area contributed by atoms with Crippen molar-refractivity contribution in [1.82, 2.24) is 9.80 Å². The lowest BCUT2D eigenvalue weighted by atomic mass is 10.0. The molecule has 0 bridgehead atoms. The third-order valence-electron chi connectivity index (χ3n) is 4.18. The Labute approximate surface area is 137 Å². The van der Waals surface area contributed by atoms with Gasteiger partial charge in [0.25, 0.3) is 0 Å². The van der Waals surface area contributed by atoms with Crippen molar-refractivity contribution in [1.29, 1.82) is 0 Å². The lowest BCUT2D eigenvalue weighted by Gasteiger charge is -2.36. The first-order valence-electron chi connectivity index (χ1n) is 7.94. The van der Waals surface area contributed by atoms with Gasteiger partial charge in [-0.3, -0.25) is 14.6 Å². The highest BCUT2D eigenvalue weighted by atomic mass is 32.2. The molecule has 0 unspecified atom stereocenters. The van der Waals surface area contributed by atoms with Gasteiger partial charge >= 0.3 is 5.97 Å². The van der Waals surface area contributed by atoms with E-state index in [1.807, 2.05) is 23.7 Å². The number of nitrogens with zero attached hydrogens (tertiary/aromatic N) is 2. The predicted octanol–water partition coefficient (Wildman–Crippen LogP) is 2.78. The fourth-order valence-electron chi connectivity index (χ4n) is 3.02. The molecular formula is C17H26N2O2S. The Hall–Kier alpha value is -1.04. The number of hydrogen-bond acceptors (Lipinski definition) is 4. The van der Waals surface area contributed by atoms with Gasteiger partial charge in [0.15, 0.2) is 0 Å². The molecule has 1 saturated heterocycles. The summed E-state index contributed by atoms with van der Waals surface area (Å²) >= 11 is 1.88. The average molecular weight is 322 g/mol. The van der Waals surface area contributed by atoms with E-state index in [9.17, 15) is 4.79 Å². The first-order valence-corrected chi connectivity index (χ1v) is 8.93. The fraction of sp³-hybridized carbons (Fsp3) is 0.588. The molecule has 0 aliphatic carbocycles. The molecule has 1 heterocycles. The maximum absolute atomic E-state index is 10.8. The molecule has 0 aromatic heterocycles. The third kappa shape index (κ3) is 5.30. The minimum Gasteiger partial charge on any atom is -0.480 e. The molecule has 122 valence electrons. The lowest BCUT2D eigenvalue weighted by molar-refractivity contribution is -0.138. The molecule has 5 heteroatoms. The topological polar surface area (TPSA) is 43.8 Å². The monoisotopic (exact) mass is 322 g/mol. The van der Waals surface area contributed by atoms with Crippen LogP contribution in [-0.4, -0.2) is 59.4 Å². The van der Waals surface area contributed by atoms with Crippen molar-refractivity contribution in [2.75, 3.05) is 32.4 Å². The number of benzene rings is 1. The van der Waals surface area contributed by atoms with Gasteiger partial charge in [-0.1, -0.05) is 19.1 Å². The summed E-state index contributed by atoms with van der Waals surface area (Å²) in [5.74, 6) is 0.361. The fourth-order valence-corrected chi connectivity index (χ4v) is 3.76. The largest absolute Gasteiger partial charge is 0.480 e. The Kier molecular flexibility index (Phi) is 6.73. The molecule has 0 amide bonds. The molecule has 1 aromatic rings. The van der Waals surface area contributed by atoms with Crippen LogP contribution in [0.25, 0.3) is 0 Å². The zero-order valence-corrected chi connectivity index (χ0v) is 14.3. The Morgan fingerprint density at radius 3 is 2.77 bits per heavy atom. The van der Waals surface area contributed by atoms with Gasteiger partial charge in [-0.2, -0.15) is 0 Å². The zero-order chi connectivity index (χ0) is 15.9. The molecular weight excluding hydrogens is 296 g/mol. The van der Waals surface area contributed by atoms with E-state index in [4.69, 9.17) is 5.11 Å². The summed E-state index contributed by atoms with van der Waals surface area (Å²) in [4.78, 5) is 16.6. The smallest absolute Gasteiger partial charge is 0.317 e. The van der Waals surface area contributed by atoms with E-state index in [0.717, 1.165) is 38.2 Å². The zero-order valence-electron chi connectivity index (χ0n) is 13.5. The van der Waals surface area contributed by atoms with Crippen molar-refractivity contribution >= 4 is 17.7 Å². The summed E-state index contributed by atoms with van der Waals surface area (Å²) in [6, 6.07) is 9.19. The molecule has 1 aromatic carbocycles. The number of likely N-dealkylation sites (tertiary alicyclic amines) is 1. The maximum atomic E-state index is 10.8. The van der Waals surface area contributed by atoms with E-state index in [1.54, 1.807) is 0 Å². The van der Waals surface area contributed by atoms with Crippen molar-refractivity contribution in [3.8, 4) is 0 Å². The quantitative estimate of drug-likeness (QED) is 0.782. The second-order valence-electron chi connectivity index (χ2n) is 5.90. The van der Waals surface area contributed by atoms with Crippen LogP contribution in [0.3, 0.4) is 0 Å². The molecule has 0 saturated carbocycles. The molecule has 0 atom stereocenters. The second-order valence-corrected chi connectivity index (χ2v) is 7.23. The van der Waals surface area contributed by atoms with Gasteiger partial charge < -0.3 is 5.11 Å². The minimum absolute atomic E-state index is 0.140. The number of likely N-dealkylation sites (N-methyl/N-ethyl adjacent to an activating group) is 1. The molecule has 0 spiro atoms. The lowest BCUT2D eigenvalue weighted by Crippen LogP contribution is -2.44. The van der Waals surface area contributed by atoms with E-state index < -0.39 is 5.97 Å². The van der Waals surface area contributed by atoms with Crippen LogP contribution in [0.2, 0.25) is 0 Å². The van der Waals surface area contributed by atoms with Crippen molar-refractivity contribution < 1.29 is 9.90 Å². The first-order chi connectivity index (χ1) is 10.6. The van der Waals surface area contributed by atoms with Crippen molar-refractivity contribution in [3.63, 3.8) is 0 Å². The first kappa shape index (κ1) is 17.3.